The van der Waals surface area contributed by atoms with Crippen molar-refractivity contribution in [2.24, 2.45) is 0 Å². The summed E-state index contributed by atoms with van der Waals surface area (Å²) in [6.45, 7) is 4.96. The van der Waals surface area contributed by atoms with Crippen LogP contribution in [0.2, 0.25) is 5.02 Å². The first-order chi connectivity index (χ1) is 8.08. The van der Waals surface area contributed by atoms with Crippen LogP contribution in [0.3, 0.4) is 0 Å². The summed E-state index contributed by atoms with van der Waals surface area (Å²) >= 11 is 11.5. The predicted octanol–water partition coefficient (Wildman–Crippen LogP) is 4.37. The topological polar surface area (TPSA) is 20.7 Å². The molecule has 1 heterocycles. The van der Waals surface area contributed by atoms with Crippen LogP contribution in [0.4, 0.5) is 0 Å². The fraction of sp³-hybridized carbons (Fsp3) is 0.308. The number of nitrogens with one attached hydrogen (secondary N) is 1. The van der Waals surface area contributed by atoms with Gasteiger partial charge in [-0.2, -0.15) is 0 Å². The van der Waals surface area contributed by atoms with E-state index >= 15 is 0 Å². The number of aromatic amines is 1. The lowest BCUT2D eigenvalue weighted by atomic mass is 10.1. The minimum atomic E-state index is 0.448. The zero-order valence-electron chi connectivity index (χ0n) is 9.90. The lowest BCUT2D eigenvalue weighted by molar-refractivity contribution is 0.651. The van der Waals surface area contributed by atoms with Crippen molar-refractivity contribution >= 4 is 23.8 Å². The maximum Gasteiger partial charge on any atom is 0.122 e. The Balaban J connectivity index is 2.31. The van der Waals surface area contributed by atoms with E-state index in [-0.39, 0.29) is 0 Å². The zero-order chi connectivity index (χ0) is 12.4. The Morgan fingerprint density at radius 2 is 2.06 bits per heavy atom. The van der Waals surface area contributed by atoms with Crippen molar-refractivity contribution in [3.8, 4) is 0 Å². The Labute approximate surface area is 111 Å². The molecule has 0 bridgehead atoms. The first-order valence-corrected chi connectivity index (χ1v) is 6.39. The Kier molecular flexibility index (Phi) is 3.69. The molecular formula is C13H15ClN2S. The molecule has 0 saturated heterocycles. The number of rotatable bonds is 3. The van der Waals surface area contributed by atoms with Gasteiger partial charge in [-0.3, -0.25) is 4.68 Å². The normalized spacial score (nSPS) is 11.1. The van der Waals surface area contributed by atoms with E-state index in [1.165, 1.54) is 0 Å². The summed E-state index contributed by atoms with van der Waals surface area (Å²) < 4.78 is 2.76. The quantitative estimate of drug-likeness (QED) is 0.818. The van der Waals surface area contributed by atoms with Gasteiger partial charge in [0, 0.05) is 10.7 Å². The van der Waals surface area contributed by atoms with E-state index in [2.05, 4.69) is 18.9 Å². The predicted molar refractivity (Wildman–Crippen MR) is 74.3 cm³/mol. The Hall–Kier alpha value is -1.06. The molecule has 0 spiro atoms. The molecule has 2 rings (SSSR count). The highest BCUT2D eigenvalue weighted by Gasteiger charge is 2.06. The summed E-state index contributed by atoms with van der Waals surface area (Å²) in [6, 6.07) is 9.83. The first-order valence-electron chi connectivity index (χ1n) is 5.61. The summed E-state index contributed by atoms with van der Waals surface area (Å²) in [6.07, 6.45) is 0. The van der Waals surface area contributed by atoms with Gasteiger partial charge >= 0.3 is 0 Å². The molecule has 2 aromatic rings. The van der Waals surface area contributed by atoms with Gasteiger partial charge in [0.05, 0.1) is 6.54 Å². The van der Waals surface area contributed by atoms with Gasteiger partial charge in [-0.25, -0.2) is 0 Å². The highest BCUT2D eigenvalue weighted by atomic mass is 35.5. The number of aromatic nitrogens is 2. The molecule has 0 aliphatic heterocycles. The van der Waals surface area contributed by atoms with Crippen molar-refractivity contribution in [2.75, 3.05) is 0 Å². The minimum Gasteiger partial charge on any atom is -0.301 e. The van der Waals surface area contributed by atoms with Crippen LogP contribution < -0.4 is 0 Å². The van der Waals surface area contributed by atoms with Gasteiger partial charge in [-0.1, -0.05) is 55.9 Å². The monoisotopic (exact) mass is 266 g/mol. The van der Waals surface area contributed by atoms with Crippen molar-refractivity contribution in [3.05, 3.63) is 51.3 Å². The van der Waals surface area contributed by atoms with Crippen LogP contribution in [0.5, 0.6) is 0 Å². The van der Waals surface area contributed by atoms with Crippen LogP contribution in [-0.4, -0.2) is 9.78 Å². The van der Waals surface area contributed by atoms with Crippen molar-refractivity contribution in [3.63, 3.8) is 0 Å². The van der Waals surface area contributed by atoms with Gasteiger partial charge in [-0.05, 0) is 23.6 Å². The zero-order valence-corrected chi connectivity index (χ0v) is 11.5. The summed E-state index contributed by atoms with van der Waals surface area (Å²) in [7, 11) is 0. The van der Waals surface area contributed by atoms with Crippen LogP contribution in [0, 0.1) is 4.64 Å². The number of H-pyrrole nitrogens is 1. The fourth-order valence-electron chi connectivity index (χ4n) is 1.66. The number of benzene rings is 1. The summed E-state index contributed by atoms with van der Waals surface area (Å²) in [5.74, 6) is 0.448. The smallest absolute Gasteiger partial charge is 0.122 e. The van der Waals surface area contributed by atoms with Gasteiger partial charge < -0.3 is 5.10 Å². The Morgan fingerprint density at radius 1 is 1.35 bits per heavy atom. The molecule has 0 saturated carbocycles. The van der Waals surface area contributed by atoms with Crippen molar-refractivity contribution in [2.45, 2.75) is 26.3 Å². The second-order valence-electron chi connectivity index (χ2n) is 4.38. The summed E-state index contributed by atoms with van der Waals surface area (Å²) in [5, 5.41) is 4.08. The van der Waals surface area contributed by atoms with Crippen LogP contribution >= 0.6 is 23.8 Å². The van der Waals surface area contributed by atoms with Crippen LogP contribution in [0.15, 0.2) is 30.3 Å². The molecule has 0 aliphatic carbocycles. The molecule has 0 amide bonds. The molecule has 1 N–H and O–H groups in total. The van der Waals surface area contributed by atoms with Crippen LogP contribution in [0.25, 0.3) is 0 Å². The van der Waals surface area contributed by atoms with Gasteiger partial charge in [0.25, 0.3) is 0 Å². The van der Waals surface area contributed by atoms with E-state index in [0.29, 0.717) is 12.5 Å². The second kappa shape index (κ2) is 5.07. The van der Waals surface area contributed by atoms with E-state index in [1.807, 2.05) is 35.0 Å². The van der Waals surface area contributed by atoms with Gasteiger partial charge in [0.2, 0.25) is 0 Å². The second-order valence-corrected chi connectivity index (χ2v) is 5.21. The SMILES string of the molecule is CC(C)c1cc(=S)n(Cc2ccccc2Cl)[nH]1. The first kappa shape index (κ1) is 12.4. The molecule has 17 heavy (non-hydrogen) atoms. The van der Waals surface area contributed by atoms with Crippen molar-refractivity contribution in [1.82, 2.24) is 9.78 Å². The molecule has 0 aliphatic rings. The molecule has 2 nitrogen and oxygen atoms in total. The molecule has 1 aromatic carbocycles. The van der Waals surface area contributed by atoms with Gasteiger partial charge in [-0.15, -0.1) is 0 Å². The molecule has 0 unspecified atom stereocenters. The van der Waals surface area contributed by atoms with Crippen molar-refractivity contribution in [1.29, 1.82) is 0 Å². The van der Waals surface area contributed by atoms with E-state index in [4.69, 9.17) is 23.8 Å². The number of halogens is 1. The van der Waals surface area contributed by atoms with E-state index in [0.717, 1.165) is 20.9 Å². The molecule has 0 radical (unpaired) electrons. The van der Waals surface area contributed by atoms with Crippen LogP contribution in [0.1, 0.15) is 31.0 Å². The third-order valence-electron chi connectivity index (χ3n) is 2.72. The van der Waals surface area contributed by atoms with Crippen LogP contribution in [-0.2, 0) is 6.54 Å². The molecular weight excluding hydrogens is 252 g/mol. The Morgan fingerprint density at radius 3 is 2.65 bits per heavy atom. The third kappa shape index (κ3) is 2.79. The minimum absolute atomic E-state index is 0.448. The van der Waals surface area contributed by atoms with Gasteiger partial charge in [0.15, 0.2) is 0 Å². The third-order valence-corrected chi connectivity index (χ3v) is 3.42. The molecule has 0 atom stereocenters. The maximum atomic E-state index is 6.13. The van der Waals surface area contributed by atoms with Gasteiger partial charge in [0.1, 0.15) is 4.64 Å². The molecule has 90 valence electrons. The summed E-state index contributed by atoms with van der Waals surface area (Å²) in [5.41, 5.74) is 2.23. The highest BCUT2D eigenvalue weighted by molar-refractivity contribution is 7.71. The lowest BCUT2D eigenvalue weighted by Gasteiger charge is -2.06. The highest BCUT2D eigenvalue weighted by Crippen LogP contribution is 2.18. The Bertz CT molecular complexity index is 569. The maximum absolute atomic E-state index is 6.13. The molecule has 1 aromatic heterocycles. The van der Waals surface area contributed by atoms with Crippen molar-refractivity contribution < 1.29 is 0 Å². The average Bonchev–Trinajstić information content (AvgIpc) is 2.64. The fourth-order valence-corrected chi connectivity index (χ4v) is 2.10. The average molecular weight is 267 g/mol. The van der Waals surface area contributed by atoms with E-state index in [9.17, 15) is 0 Å². The van der Waals surface area contributed by atoms with E-state index < -0.39 is 0 Å². The standard InChI is InChI=1S/C13H15ClN2S/c1-9(2)12-7-13(17)16(15-12)8-10-5-3-4-6-11(10)14/h3-7,9,15H,8H2,1-2H3. The number of hydrogen-bond acceptors (Lipinski definition) is 1. The summed E-state index contributed by atoms with van der Waals surface area (Å²) in [4.78, 5) is 0. The lowest BCUT2D eigenvalue weighted by Crippen LogP contribution is -2.03. The molecule has 4 heteroatoms. The number of nitrogens with zero attached hydrogens (tertiary/aromatic N) is 1. The molecule has 0 fully saturated rings. The largest absolute Gasteiger partial charge is 0.301 e. The number of hydrogen-bond donors (Lipinski definition) is 1. The van der Waals surface area contributed by atoms with E-state index in [1.54, 1.807) is 0 Å².